The standard InChI is InChI=1S/C17H37NO3S.H2O/c1-4-5-6-7-8-9-10-11-12-13-15-18(2,3)16-14-17-22(19,20)21;/h4-17H2,1-3H3;1H2. The van der Waals surface area contributed by atoms with E-state index in [-0.39, 0.29) is 11.2 Å². The van der Waals surface area contributed by atoms with Gasteiger partial charge < -0.3 is 9.96 Å². The number of unbranched alkanes of at least 4 members (excludes halogenated alkanes) is 9. The Morgan fingerprint density at radius 1 is 0.739 bits per heavy atom. The lowest BCUT2D eigenvalue weighted by Crippen LogP contribution is -2.41. The molecule has 0 aliphatic rings. The summed E-state index contributed by atoms with van der Waals surface area (Å²) in [5, 5.41) is 0. The number of nitrogens with zero attached hydrogens (tertiary/aromatic N) is 1. The van der Waals surface area contributed by atoms with Crippen LogP contribution in [0.3, 0.4) is 0 Å². The highest BCUT2D eigenvalue weighted by atomic mass is 32.2. The largest absolute Gasteiger partial charge is 0.870 e. The number of hydrogen-bond donors (Lipinski definition) is 1. The molecule has 0 aromatic rings. The summed E-state index contributed by atoms with van der Waals surface area (Å²) < 4.78 is 31.0. The van der Waals surface area contributed by atoms with Gasteiger partial charge in [-0.25, -0.2) is 0 Å². The van der Waals surface area contributed by atoms with Gasteiger partial charge in [-0.05, 0) is 12.8 Å². The van der Waals surface area contributed by atoms with Crippen LogP contribution >= 0.6 is 0 Å². The molecule has 0 radical (unpaired) electrons. The maximum atomic E-state index is 10.7. The molecular formula is C17H39NO4S. The quantitative estimate of drug-likeness (QED) is 0.273. The summed E-state index contributed by atoms with van der Waals surface area (Å²) in [4.78, 5) is 0. The van der Waals surface area contributed by atoms with E-state index < -0.39 is 10.1 Å². The van der Waals surface area contributed by atoms with Crippen LogP contribution in [0.1, 0.15) is 77.6 Å². The second-order valence-corrected chi connectivity index (χ2v) is 8.78. The van der Waals surface area contributed by atoms with Crippen LogP contribution in [0.5, 0.6) is 0 Å². The summed E-state index contributed by atoms with van der Waals surface area (Å²) in [6.45, 7) is 4.14. The predicted octanol–water partition coefficient (Wildman–Crippen LogP) is 4.08. The summed E-state index contributed by atoms with van der Waals surface area (Å²) in [5.41, 5.74) is 0. The van der Waals surface area contributed by atoms with E-state index in [1.54, 1.807) is 0 Å². The molecule has 0 amide bonds. The third kappa shape index (κ3) is 19.8. The lowest BCUT2D eigenvalue weighted by Gasteiger charge is -2.29. The molecule has 0 fully saturated rings. The summed E-state index contributed by atoms with van der Waals surface area (Å²) >= 11 is 0. The highest BCUT2D eigenvalue weighted by molar-refractivity contribution is 7.85. The molecule has 5 nitrogen and oxygen atoms in total. The zero-order chi connectivity index (χ0) is 16.9. The number of rotatable bonds is 15. The molecule has 0 atom stereocenters. The van der Waals surface area contributed by atoms with E-state index in [9.17, 15) is 8.42 Å². The molecular weight excluding hydrogens is 314 g/mol. The van der Waals surface area contributed by atoms with Crippen molar-refractivity contribution in [2.24, 2.45) is 0 Å². The second kappa shape index (κ2) is 14.2. The van der Waals surface area contributed by atoms with Gasteiger partial charge in [0, 0.05) is 6.42 Å². The first-order chi connectivity index (χ1) is 10.3. The molecule has 0 heterocycles. The van der Waals surface area contributed by atoms with Crippen LogP contribution in [0, 0.1) is 0 Å². The highest BCUT2D eigenvalue weighted by Crippen LogP contribution is 2.12. The molecule has 6 heteroatoms. The molecule has 2 N–H and O–H groups in total. The maximum Gasteiger partial charge on any atom is 0.265 e. The second-order valence-electron chi connectivity index (χ2n) is 7.20. The van der Waals surface area contributed by atoms with Crippen molar-refractivity contribution in [1.82, 2.24) is 0 Å². The minimum Gasteiger partial charge on any atom is -0.870 e. The third-order valence-corrected chi connectivity index (χ3v) is 5.09. The summed E-state index contributed by atoms with van der Waals surface area (Å²) in [5.74, 6) is -0.118. The van der Waals surface area contributed by atoms with E-state index >= 15 is 0 Å². The van der Waals surface area contributed by atoms with Crippen LogP contribution in [-0.2, 0) is 10.1 Å². The normalized spacial score (nSPS) is 12.2. The Morgan fingerprint density at radius 3 is 1.57 bits per heavy atom. The summed E-state index contributed by atoms with van der Waals surface area (Å²) in [7, 11) is 0.473. The van der Waals surface area contributed by atoms with Crippen LogP contribution in [0.4, 0.5) is 0 Å². The third-order valence-electron chi connectivity index (χ3n) is 4.28. The van der Waals surface area contributed by atoms with Crippen LogP contribution in [0.25, 0.3) is 0 Å². The molecule has 0 bridgehead atoms. The van der Waals surface area contributed by atoms with Crippen molar-refractivity contribution in [3.63, 3.8) is 0 Å². The van der Waals surface area contributed by atoms with Gasteiger partial charge in [-0.2, -0.15) is 8.42 Å². The molecule has 0 aliphatic carbocycles. The molecule has 0 aromatic carbocycles. The van der Waals surface area contributed by atoms with Gasteiger partial charge in [-0.3, -0.25) is 4.55 Å². The van der Waals surface area contributed by atoms with Crippen molar-refractivity contribution in [3.05, 3.63) is 0 Å². The smallest absolute Gasteiger partial charge is 0.265 e. The first-order valence-corrected chi connectivity index (χ1v) is 10.6. The zero-order valence-electron chi connectivity index (χ0n) is 15.5. The van der Waals surface area contributed by atoms with E-state index in [1.807, 2.05) is 0 Å². The van der Waals surface area contributed by atoms with E-state index in [1.165, 1.54) is 64.2 Å². The molecule has 0 spiro atoms. The molecule has 0 unspecified atom stereocenters. The van der Waals surface area contributed by atoms with Crippen molar-refractivity contribution in [2.45, 2.75) is 77.6 Å². The van der Waals surface area contributed by atoms with Crippen LogP contribution < -0.4 is 0 Å². The van der Waals surface area contributed by atoms with Crippen molar-refractivity contribution >= 4 is 10.1 Å². The first-order valence-electron chi connectivity index (χ1n) is 9.04. The average molecular weight is 354 g/mol. The van der Waals surface area contributed by atoms with Gasteiger partial charge in [-0.15, -0.1) is 0 Å². The Balaban J connectivity index is 0. The minimum atomic E-state index is -3.80. The summed E-state index contributed by atoms with van der Waals surface area (Å²) in [6.07, 6.45) is 13.9. The van der Waals surface area contributed by atoms with Crippen LogP contribution in [0.15, 0.2) is 0 Å². The van der Waals surface area contributed by atoms with E-state index in [4.69, 9.17) is 4.55 Å². The summed E-state index contributed by atoms with van der Waals surface area (Å²) in [6, 6.07) is 0. The van der Waals surface area contributed by atoms with Crippen molar-refractivity contribution in [3.8, 4) is 0 Å². The average Bonchev–Trinajstić information content (AvgIpc) is 2.39. The van der Waals surface area contributed by atoms with Crippen molar-refractivity contribution in [2.75, 3.05) is 32.9 Å². The maximum absolute atomic E-state index is 10.7. The van der Waals surface area contributed by atoms with Gasteiger partial charge in [0.1, 0.15) is 0 Å². The Morgan fingerprint density at radius 2 is 1.13 bits per heavy atom. The highest BCUT2D eigenvalue weighted by Gasteiger charge is 2.15. The Kier molecular flexibility index (Phi) is 15.5. The van der Waals surface area contributed by atoms with Crippen molar-refractivity contribution in [1.29, 1.82) is 0 Å². The number of hydrogen-bond acceptors (Lipinski definition) is 3. The molecule has 0 aliphatic heterocycles. The fourth-order valence-corrected chi connectivity index (χ4v) is 3.31. The molecule has 0 rings (SSSR count). The molecule has 0 saturated heterocycles. The Labute approximate surface area is 144 Å². The molecule has 142 valence electrons. The zero-order valence-corrected chi connectivity index (χ0v) is 16.3. The lowest BCUT2D eigenvalue weighted by molar-refractivity contribution is -0.890. The van der Waals surface area contributed by atoms with Crippen molar-refractivity contribution < 1.29 is 22.9 Å². The van der Waals surface area contributed by atoms with Crippen LogP contribution in [0.2, 0.25) is 0 Å². The Hall–Kier alpha value is -0.170. The van der Waals surface area contributed by atoms with Gasteiger partial charge in [0.15, 0.2) is 0 Å². The molecule has 23 heavy (non-hydrogen) atoms. The van der Waals surface area contributed by atoms with E-state index in [2.05, 4.69) is 21.0 Å². The van der Waals surface area contributed by atoms with Gasteiger partial charge in [0.2, 0.25) is 0 Å². The fourth-order valence-electron chi connectivity index (χ4n) is 2.81. The van der Waals surface area contributed by atoms with Gasteiger partial charge >= 0.3 is 0 Å². The van der Waals surface area contributed by atoms with Gasteiger partial charge in [0.25, 0.3) is 10.1 Å². The van der Waals surface area contributed by atoms with Gasteiger partial charge in [-0.1, -0.05) is 58.3 Å². The topological polar surface area (TPSA) is 84.4 Å². The van der Waals surface area contributed by atoms with E-state index in [0.717, 1.165) is 17.6 Å². The predicted molar refractivity (Wildman–Crippen MR) is 96.7 cm³/mol. The van der Waals surface area contributed by atoms with Crippen LogP contribution in [-0.4, -0.2) is 55.9 Å². The molecule has 0 aromatic heterocycles. The Bertz CT molecular complexity index is 356. The number of quaternary nitrogens is 1. The first kappa shape index (κ1) is 25.1. The van der Waals surface area contributed by atoms with E-state index in [0.29, 0.717) is 6.42 Å². The lowest BCUT2D eigenvalue weighted by atomic mass is 10.1. The van der Waals surface area contributed by atoms with Gasteiger partial charge in [0.05, 0.1) is 32.9 Å². The SMILES string of the molecule is CCCCCCCCCCCC[N+](C)(C)CCCS(=O)(=O)O.[OH-]. The minimum absolute atomic E-state index is 0. The fraction of sp³-hybridized carbons (Fsp3) is 1.00. The molecule has 0 saturated carbocycles. The monoisotopic (exact) mass is 353 g/mol.